The molecule has 1 aliphatic heterocycles. The number of amides is 1. The number of sulfonamides is 1. The number of anilines is 1. The zero-order valence-electron chi connectivity index (χ0n) is 14.5. The maximum Gasteiger partial charge on any atom is 0.243 e. The summed E-state index contributed by atoms with van der Waals surface area (Å²) in [6.07, 6.45) is 1.35. The molecule has 0 bridgehead atoms. The highest BCUT2D eigenvalue weighted by atomic mass is 79.9. The molecular formula is C19H21BrN2O3S. The monoisotopic (exact) mass is 436 g/mol. The van der Waals surface area contributed by atoms with Gasteiger partial charge >= 0.3 is 0 Å². The van der Waals surface area contributed by atoms with E-state index in [1.165, 1.54) is 4.31 Å². The molecule has 0 aliphatic carbocycles. The van der Waals surface area contributed by atoms with Crippen molar-refractivity contribution in [3.05, 3.63) is 58.6 Å². The molecule has 2 aromatic rings. The Balaban J connectivity index is 1.73. The summed E-state index contributed by atoms with van der Waals surface area (Å²) in [6, 6.07) is 14.0. The van der Waals surface area contributed by atoms with Gasteiger partial charge in [0.2, 0.25) is 15.9 Å². The lowest BCUT2D eigenvalue weighted by atomic mass is 9.98. The van der Waals surface area contributed by atoms with Crippen molar-refractivity contribution in [1.29, 1.82) is 0 Å². The lowest BCUT2D eigenvalue weighted by Crippen LogP contribution is -2.43. The maximum absolute atomic E-state index is 12.8. The van der Waals surface area contributed by atoms with Gasteiger partial charge in [0, 0.05) is 23.2 Å². The van der Waals surface area contributed by atoms with E-state index < -0.39 is 10.0 Å². The Kier molecular flexibility index (Phi) is 5.79. The predicted molar refractivity (Wildman–Crippen MR) is 105 cm³/mol. The van der Waals surface area contributed by atoms with Gasteiger partial charge in [-0.15, -0.1) is 0 Å². The summed E-state index contributed by atoms with van der Waals surface area (Å²) in [7, 11) is -3.57. The van der Waals surface area contributed by atoms with E-state index in [2.05, 4.69) is 21.2 Å². The van der Waals surface area contributed by atoms with Crippen LogP contribution in [-0.4, -0.2) is 31.7 Å². The van der Waals surface area contributed by atoms with Crippen molar-refractivity contribution < 1.29 is 13.2 Å². The van der Waals surface area contributed by atoms with Gasteiger partial charge in [0.05, 0.1) is 10.8 Å². The van der Waals surface area contributed by atoms with E-state index in [-0.39, 0.29) is 23.3 Å². The lowest BCUT2D eigenvalue weighted by Gasteiger charge is -2.31. The Morgan fingerprint density at radius 1 is 1.19 bits per heavy atom. The quantitative estimate of drug-likeness (QED) is 0.792. The molecule has 0 aromatic heterocycles. The van der Waals surface area contributed by atoms with Gasteiger partial charge in [-0.05, 0) is 55.7 Å². The van der Waals surface area contributed by atoms with E-state index in [0.717, 1.165) is 15.7 Å². The summed E-state index contributed by atoms with van der Waals surface area (Å²) in [4.78, 5) is 12.9. The average molecular weight is 437 g/mol. The van der Waals surface area contributed by atoms with Gasteiger partial charge in [0.1, 0.15) is 0 Å². The molecule has 0 saturated carbocycles. The van der Waals surface area contributed by atoms with Crippen molar-refractivity contribution in [1.82, 2.24) is 4.31 Å². The Morgan fingerprint density at radius 2 is 1.92 bits per heavy atom. The van der Waals surface area contributed by atoms with Gasteiger partial charge in [-0.25, -0.2) is 8.42 Å². The van der Waals surface area contributed by atoms with Crippen LogP contribution in [0.2, 0.25) is 0 Å². The Hall–Kier alpha value is -1.70. The Labute approximate surface area is 162 Å². The molecule has 7 heteroatoms. The van der Waals surface area contributed by atoms with E-state index in [4.69, 9.17) is 0 Å². The second-order valence-corrected chi connectivity index (χ2v) is 9.32. The van der Waals surface area contributed by atoms with E-state index in [1.54, 1.807) is 30.3 Å². The minimum atomic E-state index is -3.57. The van der Waals surface area contributed by atoms with Crippen LogP contribution in [0, 0.1) is 12.8 Å². The summed E-state index contributed by atoms with van der Waals surface area (Å²) < 4.78 is 28.0. The topological polar surface area (TPSA) is 66.5 Å². The summed E-state index contributed by atoms with van der Waals surface area (Å²) in [5, 5.41) is 2.94. The summed E-state index contributed by atoms with van der Waals surface area (Å²) in [5.41, 5.74) is 1.71. The second-order valence-electron chi connectivity index (χ2n) is 6.46. The van der Waals surface area contributed by atoms with Gasteiger partial charge in [0.15, 0.2) is 0 Å². The highest BCUT2D eigenvalue weighted by Crippen LogP contribution is 2.26. The first-order chi connectivity index (χ1) is 12.4. The number of aryl methyl sites for hydroxylation is 1. The molecule has 1 N–H and O–H groups in total. The molecular weight excluding hydrogens is 416 g/mol. The molecule has 1 atom stereocenters. The standard InChI is InChI=1S/C19H21BrN2O3S/c1-14-12-16(20)9-10-18(14)21-19(23)15-6-5-11-22(13-15)26(24,25)17-7-3-2-4-8-17/h2-4,7-10,12,15H,5-6,11,13H2,1H3,(H,21,23). The predicted octanol–water partition coefficient (Wildman–Crippen LogP) is 3.80. The number of carbonyl (C=O) groups is 1. The number of hydrogen-bond donors (Lipinski definition) is 1. The summed E-state index contributed by atoms with van der Waals surface area (Å²) in [6.45, 7) is 2.57. The SMILES string of the molecule is Cc1cc(Br)ccc1NC(=O)C1CCCN(S(=O)(=O)c2ccccc2)C1. The van der Waals surface area contributed by atoms with E-state index >= 15 is 0 Å². The molecule has 3 rings (SSSR count). The second kappa shape index (κ2) is 7.90. The molecule has 5 nitrogen and oxygen atoms in total. The summed E-state index contributed by atoms with van der Waals surface area (Å²) >= 11 is 3.40. The van der Waals surface area contributed by atoms with Crippen molar-refractivity contribution in [2.24, 2.45) is 5.92 Å². The number of nitrogens with zero attached hydrogens (tertiary/aromatic N) is 1. The van der Waals surface area contributed by atoms with Gasteiger partial charge in [-0.2, -0.15) is 4.31 Å². The first-order valence-corrected chi connectivity index (χ1v) is 10.7. The third-order valence-electron chi connectivity index (χ3n) is 4.58. The van der Waals surface area contributed by atoms with Crippen molar-refractivity contribution in [3.8, 4) is 0 Å². The van der Waals surface area contributed by atoms with Crippen LogP contribution in [-0.2, 0) is 14.8 Å². The number of piperidine rings is 1. The first kappa shape index (κ1) is 19.1. The molecule has 0 radical (unpaired) electrons. The third kappa shape index (κ3) is 4.16. The number of nitrogens with one attached hydrogen (secondary N) is 1. The number of carbonyl (C=O) groups excluding carboxylic acids is 1. The summed E-state index contributed by atoms with van der Waals surface area (Å²) in [5.74, 6) is -0.492. The molecule has 1 saturated heterocycles. The molecule has 1 unspecified atom stereocenters. The zero-order valence-corrected chi connectivity index (χ0v) is 16.9. The van der Waals surface area contributed by atoms with Crippen molar-refractivity contribution in [2.75, 3.05) is 18.4 Å². The highest BCUT2D eigenvalue weighted by molar-refractivity contribution is 9.10. The van der Waals surface area contributed by atoms with Crippen molar-refractivity contribution >= 4 is 37.5 Å². The number of halogens is 1. The lowest BCUT2D eigenvalue weighted by molar-refractivity contribution is -0.120. The van der Waals surface area contributed by atoms with Crippen LogP contribution in [0.3, 0.4) is 0 Å². The van der Waals surface area contributed by atoms with Crippen LogP contribution >= 0.6 is 15.9 Å². The van der Waals surface area contributed by atoms with Crippen LogP contribution in [0.15, 0.2) is 57.9 Å². The molecule has 1 heterocycles. The largest absolute Gasteiger partial charge is 0.326 e. The fraction of sp³-hybridized carbons (Fsp3) is 0.316. The molecule has 2 aromatic carbocycles. The smallest absolute Gasteiger partial charge is 0.243 e. The van der Waals surface area contributed by atoms with Gasteiger partial charge in [-0.3, -0.25) is 4.79 Å². The average Bonchev–Trinajstić information content (AvgIpc) is 2.65. The van der Waals surface area contributed by atoms with Gasteiger partial charge < -0.3 is 5.32 Å². The molecule has 0 spiro atoms. The highest BCUT2D eigenvalue weighted by Gasteiger charge is 2.33. The van der Waals surface area contributed by atoms with Crippen LogP contribution in [0.1, 0.15) is 18.4 Å². The number of benzene rings is 2. The van der Waals surface area contributed by atoms with Crippen molar-refractivity contribution in [2.45, 2.75) is 24.7 Å². The molecule has 1 amide bonds. The number of rotatable bonds is 4. The molecule has 1 aliphatic rings. The van der Waals surface area contributed by atoms with E-state index in [9.17, 15) is 13.2 Å². The molecule has 138 valence electrons. The fourth-order valence-corrected chi connectivity index (χ4v) is 5.14. The van der Waals surface area contributed by atoms with E-state index in [1.807, 2.05) is 25.1 Å². The first-order valence-electron chi connectivity index (χ1n) is 8.50. The van der Waals surface area contributed by atoms with Crippen LogP contribution in [0.5, 0.6) is 0 Å². The normalized spacial score (nSPS) is 18.5. The maximum atomic E-state index is 12.8. The Morgan fingerprint density at radius 3 is 2.62 bits per heavy atom. The van der Waals surface area contributed by atoms with Crippen LogP contribution in [0.25, 0.3) is 0 Å². The minimum absolute atomic E-state index is 0.136. The number of hydrogen-bond acceptors (Lipinski definition) is 3. The molecule has 1 fully saturated rings. The zero-order chi connectivity index (χ0) is 18.7. The van der Waals surface area contributed by atoms with Gasteiger partial charge in [-0.1, -0.05) is 34.1 Å². The van der Waals surface area contributed by atoms with Crippen molar-refractivity contribution in [3.63, 3.8) is 0 Å². The minimum Gasteiger partial charge on any atom is -0.326 e. The van der Waals surface area contributed by atoms with Crippen LogP contribution in [0.4, 0.5) is 5.69 Å². The van der Waals surface area contributed by atoms with E-state index in [0.29, 0.717) is 19.4 Å². The molecule has 26 heavy (non-hydrogen) atoms. The van der Waals surface area contributed by atoms with Gasteiger partial charge in [0.25, 0.3) is 0 Å². The fourth-order valence-electron chi connectivity index (χ4n) is 3.12. The Bertz CT molecular complexity index is 900. The van der Waals surface area contributed by atoms with Crippen LogP contribution < -0.4 is 5.32 Å². The third-order valence-corrected chi connectivity index (χ3v) is 6.95.